The minimum Gasteiger partial charge on any atom is -0.327 e. The predicted octanol–water partition coefficient (Wildman–Crippen LogP) is 4.34. The van der Waals surface area contributed by atoms with E-state index in [0.29, 0.717) is 6.04 Å². The van der Waals surface area contributed by atoms with Gasteiger partial charge in [-0.2, -0.15) is 0 Å². The summed E-state index contributed by atoms with van der Waals surface area (Å²) in [6, 6.07) is 8.25. The van der Waals surface area contributed by atoms with Gasteiger partial charge in [0.15, 0.2) is 0 Å². The molecule has 0 aliphatic rings. The number of rotatable bonds is 7. The Kier molecular flexibility index (Phi) is 6.93. The molecule has 0 bridgehead atoms. The van der Waals surface area contributed by atoms with Crippen molar-refractivity contribution in [1.82, 2.24) is 0 Å². The minimum atomic E-state index is 0.312. The topological polar surface area (TPSA) is 26.0 Å². The summed E-state index contributed by atoms with van der Waals surface area (Å²) in [6.45, 7) is 2.22. The van der Waals surface area contributed by atoms with E-state index >= 15 is 0 Å². The van der Waals surface area contributed by atoms with Crippen LogP contribution >= 0.6 is 23.4 Å². The molecule has 0 fully saturated rings. The summed E-state index contributed by atoms with van der Waals surface area (Å²) < 4.78 is 0. The van der Waals surface area contributed by atoms with Crippen molar-refractivity contribution in [2.24, 2.45) is 5.73 Å². The zero-order chi connectivity index (χ0) is 11.8. The lowest BCUT2D eigenvalue weighted by Gasteiger charge is -2.10. The van der Waals surface area contributed by atoms with E-state index in [9.17, 15) is 0 Å². The van der Waals surface area contributed by atoms with Gasteiger partial charge in [-0.05, 0) is 30.7 Å². The maximum Gasteiger partial charge on any atom is 0.0406 e. The third-order valence-electron chi connectivity index (χ3n) is 2.46. The number of benzene rings is 1. The first kappa shape index (κ1) is 13.9. The molecule has 1 unspecified atom stereocenters. The minimum absolute atomic E-state index is 0.312. The molecule has 0 radical (unpaired) electrons. The van der Waals surface area contributed by atoms with Crippen molar-refractivity contribution < 1.29 is 0 Å². The molecule has 0 saturated carbocycles. The molecule has 3 heteroatoms. The lowest BCUT2D eigenvalue weighted by molar-refractivity contribution is 0.597. The van der Waals surface area contributed by atoms with Gasteiger partial charge >= 0.3 is 0 Å². The van der Waals surface area contributed by atoms with Gasteiger partial charge in [-0.3, -0.25) is 0 Å². The molecule has 0 amide bonds. The molecule has 0 spiro atoms. The van der Waals surface area contributed by atoms with Crippen LogP contribution in [0.1, 0.15) is 32.6 Å². The van der Waals surface area contributed by atoms with Gasteiger partial charge in [0.25, 0.3) is 0 Å². The van der Waals surface area contributed by atoms with Crippen molar-refractivity contribution in [3.05, 3.63) is 29.3 Å². The van der Waals surface area contributed by atoms with Gasteiger partial charge < -0.3 is 5.73 Å². The summed E-state index contributed by atoms with van der Waals surface area (Å²) in [7, 11) is 0. The van der Waals surface area contributed by atoms with Crippen LogP contribution in [0, 0.1) is 0 Å². The monoisotopic (exact) mass is 257 g/mol. The number of unbranched alkanes of at least 4 members (excludes halogenated alkanes) is 2. The second kappa shape index (κ2) is 7.99. The Labute approximate surface area is 108 Å². The summed E-state index contributed by atoms with van der Waals surface area (Å²) >= 11 is 7.64. The molecule has 0 aliphatic heterocycles. The highest BCUT2D eigenvalue weighted by atomic mass is 35.5. The Morgan fingerprint density at radius 1 is 1.25 bits per heavy atom. The first-order valence-electron chi connectivity index (χ1n) is 5.86. The van der Waals surface area contributed by atoms with Gasteiger partial charge in [0.05, 0.1) is 0 Å². The Morgan fingerprint density at radius 3 is 2.56 bits per heavy atom. The zero-order valence-corrected chi connectivity index (χ0v) is 11.4. The van der Waals surface area contributed by atoms with Gasteiger partial charge in [-0.15, -0.1) is 11.8 Å². The van der Waals surface area contributed by atoms with Crippen molar-refractivity contribution in [3.8, 4) is 0 Å². The third kappa shape index (κ3) is 5.78. The van der Waals surface area contributed by atoms with Crippen LogP contribution in [0.5, 0.6) is 0 Å². The number of halogens is 1. The van der Waals surface area contributed by atoms with E-state index in [1.807, 2.05) is 36.0 Å². The van der Waals surface area contributed by atoms with E-state index in [1.165, 1.54) is 24.2 Å². The normalized spacial score (nSPS) is 12.7. The molecular weight excluding hydrogens is 238 g/mol. The highest BCUT2D eigenvalue weighted by molar-refractivity contribution is 7.99. The summed E-state index contributed by atoms with van der Waals surface area (Å²) in [5.74, 6) is 0.991. The van der Waals surface area contributed by atoms with Crippen LogP contribution in [0.4, 0.5) is 0 Å². The van der Waals surface area contributed by atoms with Crippen molar-refractivity contribution in [1.29, 1.82) is 0 Å². The van der Waals surface area contributed by atoms with Gasteiger partial charge in [0, 0.05) is 21.7 Å². The van der Waals surface area contributed by atoms with E-state index in [2.05, 4.69) is 6.92 Å². The molecule has 0 aromatic heterocycles. The fourth-order valence-electron chi connectivity index (χ4n) is 1.47. The van der Waals surface area contributed by atoms with Crippen LogP contribution in [0.25, 0.3) is 0 Å². The lowest BCUT2D eigenvalue weighted by Crippen LogP contribution is -2.22. The van der Waals surface area contributed by atoms with Gasteiger partial charge in [0.2, 0.25) is 0 Å². The molecule has 1 atom stereocenters. The van der Waals surface area contributed by atoms with Crippen LogP contribution < -0.4 is 5.73 Å². The second-order valence-corrected chi connectivity index (χ2v) is 5.55. The number of thioether (sulfide) groups is 1. The number of nitrogens with two attached hydrogens (primary N) is 1. The summed E-state index contributed by atoms with van der Waals surface area (Å²) in [4.78, 5) is 1.25. The van der Waals surface area contributed by atoms with E-state index in [0.717, 1.165) is 17.2 Å². The molecule has 90 valence electrons. The van der Waals surface area contributed by atoms with Crippen molar-refractivity contribution >= 4 is 23.4 Å². The van der Waals surface area contributed by atoms with Crippen LogP contribution in [0.2, 0.25) is 5.02 Å². The predicted molar refractivity (Wildman–Crippen MR) is 74.3 cm³/mol. The average molecular weight is 258 g/mol. The molecule has 0 heterocycles. The number of hydrogen-bond donors (Lipinski definition) is 1. The van der Waals surface area contributed by atoms with E-state index in [1.54, 1.807) is 0 Å². The Bertz CT molecular complexity index is 286. The van der Waals surface area contributed by atoms with E-state index < -0.39 is 0 Å². The first-order chi connectivity index (χ1) is 7.72. The highest BCUT2D eigenvalue weighted by Gasteiger charge is 2.03. The quantitative estimate of drug-likeness (QED) is 0.581. The molecule has 1 aromatic carbocycles. The lowest BCUT2D eigenvalue weighted by atomic mass is 10.1. The molecule has 0 aliphatic carbocycles. The van der Waals surface area contributed by atoms with E-state index in [-0.39, 0.29) is 0 Å². The fourth-order valence-corrected chi connectivity index (χ4v) is 2.50. The highest BCUT2D eigenvalue weighted by Crippen LogP contribution is 2.21. The first-order valence-corrected chi connectivity index (χ1v) is 7.22. The zero-order valence-electron chi connectivity index (χ0n) is 9.79. The van der Waals surface area contributed by atoms with Crippen molar-refractivity contribution in [3.63, 3.8) is 0 Å². The number of hydrogen-bond acceptors (Lipinski definition) is 2. The molecule has 2 N–H and O–H groups in total. The molecule has 1 nitrogen and oxygen atoms in total. The smallest absolute Gasteiger partial charge is 0.0406 e. The van der Waals surface area contributed by atoms with Crippen LogP contribution in [-0.4, -0.2) is 11.8 Å². The summed E-state index contributed by atoms with van der Waals surface area (Å²) in [5.41, 5.74) is 6.05. The standard InChI is InChI=1S/C13H20ClNS/c1-2-3-4-5-12(15)10-16-13-8-6-11(14)7-9-13/h6-9,12H,2-5,10,15H2,1H3. The van der Waals surface area contributed by atoms with Crippen molar-refractivity contribution in [2.45, 2.75) is 43.5 Å². The van der Waals surface area contributed by atoms with Crippen molar-refractivity contribution in [2.75, 3.05) is 5.75 Å². The van der Waals surface area contributed by atoms with E-state index in [4.69, 9.17) is 17.3 Å². The molecule has 16 heavy (non-hydrogen) atoms. The van der Waals surface area contributed by atoms with Gasteiger partial charge in [-0.1, -0.05) is 37.8 Å². The van der Waals surface area contributed by atoms with Crippen LogP contribution in [0.3, 0.4) is 0 Å². The third-order valence-corrected chi connectivity index (χ3v) is 3.91. The van der Waals surface area contributed by atoms with Crippen LogP contribution in [-0.2, 0) is 0 Å². The Balaban J connectivity index is 2.20. The van der Waals surface area contributed by atoms with Crippen LogP contribution in [0.15, 0.2) is 29.2 Å². The molecule has 1 aromatic rings. The second-order valence-electron chi connectivity index (χ2n) is 4.02. The summed E-state index contributed by atoms with van der Waals surface area (Å²) in [5, 5.41) is 0.789. The maximum atomic E-state index is 6.05. The maximum absolute atomic E-state index is 6.05. The molecule has 0 saturated heterocycles. The fraction of sp³-hybridized carbons (Fsp3) is 0.538. The SMILES string of the molecule is CCCCCC(N)CSc1ccc(Cl)cc1. The van der Waals surface area contributed by atoms with Gasteiger partial charge in [0.1, 0.15) is 0 Å². The largest absolute Gasteiger partial charge is 0.327 e. The van der Waals surface area contributed by atoms with Gasteiger partial charge in [-0.25, -0.2) is 0 Å². The molecule has 1 rings (SSSR count). The Morgan fingerprint density at radius 2 is 1.94 bits per heavy atom. The average Bonchev–Trinajstić information content (AvgIpc) is 2.29. The summed E-state index contributed by atoms with van der Waals surface area (Å²) in [6.07, 6.45) is 4.93. The molecular formula is C13H20ClNS. The Hall–Kier alpha value is -0.180.